The van der Waals surface area contributed by atoms with Gasteiger partial charge in [-0.2, -0.15) is 9.40 Å². The molecule has 2 atom stereocenters. The number of hydrogen-bond acceptors (Lipinski definition) is 6. The standard InChI is InChI=1S/C33H40N4O5S/c1-23(2)20-37(43(40,41)28-15-13-27(14-16-28)29-17-18-34-36-29)21-31(38)30(19-26-11-6-5-7-12-26)35-32(39)22-42-33-24(3)9-8-10-25(33)4/h5-18,23,30-31,38H,19-22H2,1-4H3,(H,34,36)(H,35,39)/t30-,31+/m0/s1. The quantitative estimate of drug-likeness (QED) is 0.195. The predicted molar refractivity (Wildman–Crippen MR) is 167 cm³/mol. The zero-order valence-corrected chi connectivity index (χ0v) is 25.8. The van der Waals surface area contributed by atoms with Crippen LogP contribution in [0.4, 0.5) is 0 Å². The van der Waals surface area contributed by atoms with E-state index in [0.29, 0.717) is 12.2 Å². The van der Waals surface area contributed by atoms with Crippen molar-refractivity contribution in [1.29, 1.82) is 0 Å². The summed E-state index contributed by atoms with van der Waals surface area (Å²) in [4.78, 5) is 13.2. The van der Waals surface area contributed by atoms with Gasteiger partial charge in [-0.3, -0.25) is 9.89 Å². The normalized spacial score (nSPS) is 13.2. The Kier molecular flexibility index (Phi) is 10.7. The van der Waals surface area contributed by atoms with Gasteiger partial charge in [0, 0.05) is 19.3 Å². The minimum absolute atomic E-state index is 0.000780. The van der Waals surface area contributed by atoms with Gasteiger partial charge in [0.1, 0.15) is 5.75 Å². The number of H-pyrrole nitrogens is 1. The van der Waals surface area contributed by atoms with Crippen molar-refractivity contribution in [2.45, 2.75) is 51.2 Å². The molecule has 0 unspecified atom stereocenters. The van der Waals surface area contributed by atoms with Crippen LogP contribution in [0, 0.1) is 19.8 Å². The van der Waals surface area contributed by atoms with Crippen LogP contribution in [0.5, 0.6) is 5.75 Å². The molecule has 0 bridgehead atoms. The molecule has 3 aromatic carbocycles. The summed E-state index contributed by atoms with van der Waals surface area (Å²) in [6.45, 7) is 7.43. The molecular formula is C33H40N4O5S. The van der Waals surface area contributed by atoms with E-state index >= 15 is 0 Å². The third-order valence-corrected chi connectivity index (χ3v) is 8.97. The zero-order valence-electron chi connectivity index (χ0n) is 25.0. The van der Waals surface area contributed by atoms with Crippen LogP contribution in [-0.4, -0.2) is 65.8 Å². The highest BCUT2D eigenvalue weighted by Gasteiger charge is 2.31. The Morgan fingerprint density at radius 1 is 0.953 bits per heavy atom. The summed E-state index contributed by atoms with van der Waals surface area (Å²) in [5.74, 6) is 0.236. The van der Waals surface area contributed by atoms with Gasteiger partial charge in [0.05, 0.1) is 22.7 Å². The minimum Gasteiger partial charge on any atom is -0.483 e. The van der Waals surface area contributed by atoms with Gasteiger partial charge in [0.15, 0.2) is 6.61 Å². The molecule has 10 heteroatoms. The van der Waals surface area contributed by atoms with Crippen LogP contribution < -0.4 is 10.1 Å². The second kappa shape index (κ2) is 14.5. The summed E-state index contributed by atoms with van der Waals surface area (Å²) in [5.41, 5.74) is 4.32. The number of ether oxygens (including phenoxy) is 1. The molecule has 0 aliphatic rings. The number of aromatic nitrogens is 2. The van der Waals surface area contributed by atoms with Gasteiger partial charge >= 0.3 is 0 Å². The van der Waals surface area contributed by atoms with E-state index in [9.17, 15) is 18.3 Å². The number of para-hydroxylation sites is 1. The fourth-order valence-corrected chi connectivity index (χ4v) is 6.57. The van der Waals surface area contributed by atoms with Crippen LogP contribution in [-0.2, 0) is 21.2 Å². The van der Waals surface area contributed by atoms with E-state index in [1.165, 1.54) is 4.31 Å². The van der Waals surface area contributed by atoms with Crippen molar-refractivity contribution in [3.05, 3.63) is 102 Å². The second-order valence-electron chi connectivity index (χ2n) is 11.2. The van der Waals surface area contributed by atoms with Gasteiger partial charge in [-0.25, -0.2) is 8.42 Å². The van der Waals surface area contributed by atoms with Crippen molar-refractivity contribution in [2.24, 2.45) is 5.92 Å². The summed E-state index contributed by atoms with van der Waals surface area (Å²) in [5, 5.41) is 21.2. The van der Waals surface area contributed by atoms with E-state index in [2.05, 4.69) is 15.5 Å². The first-order chi connectivity index (χ1) is 20.5. The van der Waals surface area contributed by atoms with E-state index in [-0.39, 0.29) is 30.5 Å². The molecule has 43 heavy (non-hydrogen) atoms. The van der Waals surface area contributed by atoms with E-state index in [1.807, 2.05) is 76.2 Å². The van der Waals surface area contributed by atoms with Crippen molar-refractivity contribution in [2.75, 3.05) is 19.7 Å². The SMILES string of the molecule is Cc1cccc(C)c1OCC(=O)N[C@@H](Cc1ccccc1)[C@H](O)CN(CC(C)C)S(=O)(=O)c1ccc(-c2ccn[nH]2)cc1. The summed E-state index contributed by atoms with van der Waals surface area (Å²) >= 11 is 0. The number of aromatic amines is 1. The van der Waals surface area contributed by atoms with Gasteiger partial charge in [0.2, 0.25) is 10.0 Å². The highest BCUT2D eigenvalue weighted by molar-refractivity contribution is 7.89. The van der Waals surface area contributed by atoms with Crippen LogP contribution in [0.1, 0.15) is 30.5 Å². The van der Waals surface area contributed by atoms with E-state index < -0.39 is 28.1 Å². The number of hydrogen-bond donors (Lipinski definition) is 3. The fourth-order valence-electron chi connectivity index (χ4n) is 4.95. The second-order valence-corrected chi connectivity index (χ2v) is 13.1. The van der Waals surface area contributed by atoms with Crippen molar-refractivity contribution in [1.82, 2.24) is 19.8 Å². The molecule has 0 radical (unpaired) electrons. The number of carbonyl (C=O) groups is 1. The zero-order chi connectivity index (χ0) is 31.0. The Hall–Kier alpha value is -3.99. The topological polar surface area (TPSA) is 125 Å². The molecule has 4 aromatic rings. The molecule has 9 nitrogen and oxygen atoms in total. The van der Waals surface area contributed by atoms with Crippen molar-refractivity contribution in [3.63, 3.8) is 0 Å². The fraction of sp³-hybridized carbons (Fsp3) is 0.333. The third kappa shape index (κ3) is 8.53. The molecule has 0 saturated carbocycles. The first kappa shape index (κ1) is 31.9. The molecule has 1 aromatic heterocycles. The van der Waals surface area contributed by atoms with Crippen molar-refractivity contribution in [3.8, 4) is 17.0 Å². The maximum absolute atomic E-state index is 13.8. The molecule has 228 valence electrons. The average Bonchev–Trinajstić information content (AvgIpc) is 3.52. The predicted octanol–water partition coefficient (Wildman–Crippen LogP) is 4.51. The molecule has 0 aliphatic carbocycles. The van der Waals surface area contributed by atoms with Crippen LogP contribution in [0.15, 0.2) is 90.0 Å². The summed E-state index contributed by atoms with van der Waals surface area (Å²) < 4.78 is 34.8. The number of aliphatic hydroxyl groups is 1. The Balaban J connectivity index is 1.53. The molecule has 4 rings (SSSR count). The van der Waals surface area contributed by atoms with Gasteiger partial charge in [-0.1, -0.05) is 74.5 Å². The molecular weight excluding hydrogens is 564 g/mol. The maximum atomic E-state index is 13.8. The molecule has 0 spiro atoms. The Morgan fingerprint density at radius 3 is 2.23 bits per heavy atom. The number of aliphatic hydroxyl groups excluding tert-OH is 1. The molecule has 1 heterocycles. The lowest BCUT2D eigenvalue weighted by Crippen LogP contribution is -2.52. The number of amides is 1. The summed E-state index contributed by atoms with van der Waals surface area (Å²) in [6.07, 6.45) is 0.750. The van der Waals surface area contributed by atoms with Crippen LogP contribution >= 0.6 is 0 Å². The molecule has 0 aliphatic heterocycles. The van der Waals surface area contributed by atoms with Gasteiger partial charge in [-0.05, 0) is 66.6 Å². The highest BCUT2D eigenvalue weighted by Crippen LogP contribution is 2.24. The Bertz CT molecular complexity index is 1550. The van der Waals surface area contributed by atoms with Crippen LogP contribution in [0.2, 0.25) is 0 Å². The maximum Gasteiger partial charge on any atom is 0.258 e. The van der Waals surface area contributed by atoms with E-state index in [0.717, 1.165) is 27.9 Å². The number of sulfonamides is 1. The molecule has 0 fully saturated rings. The first-order valence-electron chi connectivity index (χ1n) is 14.3. The summed E-state index contributed by atoms with van der Waals surface area (Å²) in [6, 6.07) is 22.8. The Morgan fingerprint density at radius 2 is 1.63 bits per heavy atom. The Labute approximate surface area is 254 Å². The number of benzene rings is 3. The number of nitrogens with one attached hydrogen (secondary N) is 2. The molecule has 3 N–H and O–H groups in total. The number of carbonyl (C=O) groups excluding carboxylic acids is 1. The van der Waals surface area contributed by atoms with E-state index in [1.54, 1.807) is 36.5 Å². The molecule has 0 saturated heterocycles. The van der Waals surface area contributed by atoms with Crippen LogP contribution in [0.3, 0.4) is 0 Å². The number of nitrogens with zero attached hydrogens (tertiary/aromatic N) is 2. The van der Waals surface area contributed by atoms with Crippen molar-refractivity contribution < 1.29 is 23.1 Å². The summed E-state index contributed by atoms with van der Waals surface area (Å²) in [7, 11) is -3.96. The van der Waals surface area contributed by atoms with Gasteiger partial charge < -0.3 is 15.2 Å². The van der Waals surface area contributed by atoms with Crippen LogP contribution in [0.25, 0.3) is 11.3 Å². The van der Waals surface area contributed by atoms with Gasteiger partial charge in [0.25, 0.3) is 5.91 Å². The smallest absolute Gasteiger partial charge is 0.258 e. The third-order valence-electron chi connectivity index (χ3n) is 7.13. The lowest BCUT2D eigenvalue weighted by molar-refractivity contribution is -0.124. The highest BCUT2D eigenvalue weighted by atomic mass is 32.2. The first-order valence-corrected chi connectivity index (χ1v) is 15.8. The molecule has 1 amide bonds. The van der Waals surface area contributed by atoms with E-state index in [4.69, 9.17) is 4.74 Å². The lowest BCUT2D eigenvalue weighted by Gasteiger charge is -2.31. The monoisotopic (exact) mass is 604 g/mol. The number of rotatable bonds is 14. The minimum atomic E-state index is -3.96. The largest absolute Gasteiger partial charge is 0.483 e. The lowest BCUT2D eigenvalue weighted by atomic mass is 10.0. The van der Waals surface area contributed by atoms with Crippen molar-refractivity contribution >= 4 is 15.9 Å². The average molecular weight is 605 g/mol. The number of aryl methyl sites for hydroxylation is 2. The van der Waals surface area contributed by atoms with Gasteiger partial charge in [-0.15, -0.1) is 0 Å².